The molecule has 14 heavy (non-hydrogen) atoms. The Morgan fingerprint density at radius 3 is 2.93 bits per heavy atom. The van der Waals surface area contributed by atoms with Crippen LogP contribution in [0.15, 0.2) is 0 Å². The molecule has 1 fully saturated rings. The van der Waals surface area contributed by atoms with Crippen LogP contribution in [0.3, 0.4) is 0 Å². The highest BCUT2D eigenvalue weighted by Gasteiger charge is 2.19. The molecular weight excluding hydrogens is 178 g/mol. The van der Waals surface area contributed by atoms with Crippen LogP contribution in [-0.2, 0) is 0 Å². The maximum absolute atomic E-state index is 11.1. The molecule has 4 nitrogen and oxygen atoms in total. The highest BCUT2D eigenvalue weighted by molar-refractivity contribution is 5.76. The van der Waals surface area contributed by atoms with Crippen molar-refractivity contribution >= 4 is 6.03 Å². The van der Waals surface area contributed by atoms with Gasteiger partial charge in [0.05, 0.1) is 5.54 Å². The lowest BCUT2D eigenvalue weighted by atomic mass is 10.1. The molecule has 2 N–H and O–H groups in total. The van der Waals surface area contributed by atoms with Crippen LogP contribution in [-0.4, -0.2) is 42.6 Å². The number of nitrogens with zero attached hydrogens (tertiary/aromatic N) is 1. The van der Waals surface area contributed by atoms with Crippen molar-refractivity contribution in [2.75, 3.05) is 26.2 Å². The number of carbonyl (C=O) groups excluding carboxylic acids is 1. The molecule has 0 bridgehead atoms. The second-order valence-electron chi connectivity index (χ2n) is 3.92. The second-order valence-corrected chi connectivity index (χ2v) is 3.92. The van der Waals surface area contributed by atoms with Gasteiger partial charge < -0.3 is 10.2 Å². The lowest BCUT2D eigenvalue weighted by Crippen LogP contribution is -2.43. The van der Waals surface area contributed by atoms with Gasteiger partial charge in [0.1, 0.15) is 0 Å². The molecule has 2 amide bonds. The Labute approximate surface area is 85.0 Å². The third-order valence-electron chi connectivity index (χ3n) is 2.25. The molecule has 0 unspecified atom stereocenters. The zero-order valence-corrected chi connectivity index (χ0v) is 8.76. The van der Waals surface area contributed by atoms with Gasteiger partial charge in [0.2, 0.25) is 0 Å². The molecule has 0 aromatic carbocycles. The summed E-state index contributed by atoms with van der Waals surface area (Å²) in [6, 6.07) is 0.0188. The number of urea groups is 1. The maximum Gasteiger partial charge on any atom is 0.317 e. The monoisotopic (exact) mass is 195 g/mol. The molecule has 0 aliphatic carbocycles. The first-order chi connectivity index (χ1) is 6.55. The molecule has 0 spiro atoms. The first-order valence-corrected chi connectivity index (χ1v) is 4.81. The summed E-state index contributed by atoms with van der Waals surface area (Å²) >= 11 is 0. The molecular formula is C10H17N3O. The maximum atomic E-state index is 11.1. The van der Waals surface area contributed by atoms with Crippen LogP contribution < -0.4 is 10.6 Å². The van der Waals surface area contributed by atoms with E-state index in [0.29, 0.717) is 6.54 Å². The van der Waals surface area contributed by atoms with Gasteiger partial charge in [0.25, 0.3) is 0 Å². The number of carbonyl (C=O) groups is 1. The molecule has 0 aromatic rings. The van der Waals surface area contributed by atoms with Gasteiger partial charge in [-0.2, -0.15) is 0 Å². The summed E-state index contributed by atoms with van der Waals surface area (Å²) in [7, 11) is 0. The van der Waals surface area contributed by atoms with E-state index in [9.17, 15) is 4.79 Å². The van der Waals surface area contributed by atoms with Crippen molar-refractivity contribution in [3.8, 4) is 12.3 Å². The minimum atomic E-state index is -0.295. The van der Waals surface area contributed by atoms with E-state index in [1.54, 1.807) is 4.90 Å². The van der Waals surface area contributed by atoms with Gasteiger partial charge in [-0.1, -0.05) is 5.92 Å². The van der Waals surface area contributed by atoms with Crippen LogP contribution in [0.1, 0.15) is 13.8 Å². The third-order valence-corrected chi connectivity index (χ3v) is 2.25. The molecule has 0 aromatic heterocycles. The van der Waals surface area contributed by atoms with Crippen molar-refractivity contribution in [2.24, 2.45) is 0 Å². The Kier molecular flexibility index (Phi) is 3.37. The van der Waals surface area contributed by atoms with Crippen molar-refractivity contribution in [3.05, 3.63) is 0 Å². The predicted molar refractivity (Wildman–Crippen MR) is 55.9 cm³/mol. The Morgan fingerprint density at radius 1 is 1.71 bits per heavy atom. The normalized spacial score (nSPS) is 16.6. The highest BCUT2D eigenvalue weighted by Crippen LogP contribution is 1.99. The van der Waals surface area contributed by atoms with Crippen molar-refractivity contribution < 1.29 is 4.79 Å². The average molecular weight is 195 g/mol. The number of nitrogens with one attached hydrogen (secondary N) is 2. The van der Waals surface area contributed by atoms with Gasteiger partial charge >= 0.3 is 6.03 Å². The molecule has 1 aliphatic heterocycles. The Balaban J connectivity index is 2.22. The van der Waals surface area contributed by atoms with Gasteiger partial charge in [-0.05, 0) is 13.8 Å². The van der Waals surface area contributed by atoms with E-state index in [0.717, 1.165) is 19.6 Å². The Bertz CT molecular complexity index is 255. The topological polar surface area (TPSA) is 44.4 Å². The van der Waals surface area contributed by atoms with Crippen LogP contribution in [0.2, 0.25) is 0 Å². The highest BCUT2D eigenvalue weighted by atomic mass is 16.2. The molecule has 1 heterocycles. The van der Waals surface area contributed by atoms with E-state index in [-0.39, 0.29) is 11.6 Å². The van der Waals surface area contributed by atoms with Crippen LogP contribution in [0.25, 0.3) is 0 Å². The second kappa shape index (κ2) is 4.34. The van der Waals surface area contributed by atoms with Crippen molar-refractivity contribution in [2.45, 2.75) is 19.4 Å². The molecule has 1 saturated heterocycles. The van der Waals surface area contributed by atoms with E-state index in [4.69, 9.17) is 6.42 Å². The van der Waals surface area contributed by atoms with Crippen LogP contribution in [0.4, 0.5) is 4.79 Å². The van der Waals surface area contributed by atoms with Gasteiger partial charge in [-0.3, -0.25) is 5.32 Å². The van der Waals surface area contributed by atoms with Crippen molar-refractivity contribution in [1.82, 2.24) is 15.5 Å². The standard InChI is InChI=1S/C10H17N3O/c1-4-10(2,3)12-6-8-13-7-5-11-9(13)14/h1,12H,5-8H2,2-3H3,(H,11,14). The number of hydrogen-bond acceptors (Lipinski definition) is 2. The van der Waals surface area contributed by atoms with Crippen molar-refractivity contribution in [3.63, 3.8) is 0 Å². The first kappa shape index (κ1) is 10.9. The quantitative estimate of drug-likeness (QED) is 0.621. The smallest absolute Gasteiger partial charge is 0.317 e. The summed E-state index contributed by atoms with van der Waals surface area (Å²) in [6.45, 7) is 6.85. The zero-order chi connectivity index (χ0) is 10.6. The summed E-state index contributed by atoms with van der Waals surface area (Å²) in [5.41, 5.74) is -0.295. The van der Waals surface area contributed by atoms with Gasteiger partial charge in [-0.15, -0.1) is 6.42 Å². The minimum Gasteiger partial charge on any atom is -0.336 e. The van der Waals surface area contributed by atoms with E-state index in [1.165, 1.54) is 0 Å². The van der Waals surface area contributed by atoms with Gasteiger partial charge in [0, 0.05) is 26.2 Å². The average Bonchev–Trinajstić information content (AvgIpc) is 2.52. The fourth-order valence-corrected chi connectivity index (χ4v) is 1.28. The lowest BCUT2D eigenvalue weighted by molar-refractivity contribution is 0.216. The van der Waals surface area contributed by atoms with Crippen molar-refractivity contribution in [1.29, 1.82) is 0 Å². The number of hydrogen-bond donors (Lipinski definition) is 2. The fourth-order valence-electron chi connectivity index (χ4n) is 1.28. The third kappa shape index (κ3) is 2.93. The molecule has 4 heteroatoms. The number of terminal acetylenes is 1. The summed E-state index contributed by atoms with van der Waals surface area (Å²) in [5.74, 6) is 2.65. The van der Waals surface area contributed by atoms with Crippen LogP contribution >= 0.6 is 0 Å². The zero-order valence-electron chi connectivity index (χ0n) is 8.76. The summed E-state index contributed by atoms with van der Waals surface area (Å²) in [5, 5.41) is 5.95. The molecule has 0 radical (unpaired) electrons. The fraction of sp³-hybridized carbons (Fsp3) is 0.700. The van der Waals surface area contributed by atoms with Crippen LogP contribution in [0, 0.1) is 12.3 Å². The SMILES string of the molecule is C#CC(C)(C)NCCN1CCNC1=O. The molecule has 0 saturated carbocycles. The summed E-state index contributed by atoms with van der Waals surface area (Å²) in [6.07, 6.45) is 5.32. The summed E-state index contributed by atoms with van der Waals surface area (Å²) < 4.78 is 0. The lowest BCUT2D eigenvalue weighted by Gasteiger charge is -2.21. The van der Waals surface area contributed by atoms with E-state index >= 15 is 0 Å². The Hall–Kier alpha value is -1.21. The Morgan fingerprint density at radius 2 is 2.43 bits per heavy atom. The van der Waals surface area contributed by atoms with E-state index in [2.05, 4.69) is 16.6 Å². The molecule has 1 rings (SSSR count). The van der Waals surface area contributed by atoms with Gasteiger partial charge in [0.15, 0.2) is 0 Å². The van der Waals surface area contributed by atoms with Gasteiger partial charge in [-0.25, -0.2) is 4.79 Å². The van der Waals surface area contributed by atoms with Crippen LogP contribution in [0.5, 0.6) is 0 Å². The molecule has 0 atom stereocenters. The largest absolute Gasteiger partial charge is 0.336 e. The predicted octanol–water partition coefficient (Wildman–Crippen LogP) is 0.0130. The molecule has 78 valence electrons. The number of amides is 2. The first-order valence-electron chi connectivity index (χ1n) is 4.81. The van der Waals surface area contributed by atoms with E-state index in [1.807, 2.05) is 13.8 Å². The molecule has 1 aliphatic rings. The minimum absolute atomic E-state index is 0.0188. The number of rotatable bonds is 4. The van der Waals surface area contributed by atoms with E-state index < -0.39 is 0 Å². The summed E-state index contributed by atoms with van der Waals surface area (Å²) in [4.78, 5) is 12.9.